The molecule has 1 aliphatic rings. The predicted molar refractivity (Wildman–Crippen MR) is 69.8 cm³/mol. The van der Waals surface area contributed by atoms with Gasteiger partial charge in [0.25, 0.3) is 0 Å². The van der Waals surface area contributed by atoms with Crippen LogP contribution in [0, 0.1) is 18.3 Å². The molecule has 1 saturated carbocycles. The lowest BCUT2D eigenvalue weighted by molar-refractivity contribution is 0.0463. The van der Waals surface area contributed by atoms with Crippen molar-refractivity contribution in [1.29, 1.82) is 5.41 Å². The molecule has 1 aliphatic carbocycles. The Hall–Kier alpha value is -1.69. The predicted octanol–water partition coefficient (Wildman–Crippen LogP) is 0.276. The number of nitrogen functional groups attached to an aromatic ring is 1. The summed E-state index contributed by atoms with van der Waals surface area (Å²) in [6.07, 6.45) is 1.54. The van der Waals surface area contributed by atoms with Crippen molar-refractivity contribution in [2.75, 3.05) is 18.5 Å². The summed E-state index contributed by atoms with van der Waals surface area (Å²) in [5, 5.41) is 16.7. The molecule has 1 aromatic rings. The third kappa shape index (κ3) is 2.76. The first-order chi connectivity index (χ1) is 8.45. The van der Waals surface area contributed by atoms with Crippen molar-refractivity contribution in [2.45, 2.75) is 25.9 Å². The Morgan fingerprint density at radius 2 is 2.22 bits per heavy atom. The number of nitrogens with zero attached hydrogens (tertiary/aromatic N) is 3. The van der Waals surface area contributed by atoms with Gasteiger partial charge in [-0.25, -0.2) is 9.97 Å². The highest BCUT2D eigenvalue weighted by Gasteiger charge is 2.28. The number of nitrogens with two attached hydrogens (primary N) is 1. The maximum absolute atomic E-state index is 9.27. The summed E-state index contributed by atoms with van der Waals surface area (Å²) < 4.78 is 0. The van der Waals surface area contributed by atoms with Crippen molar-refractivity contribution < 1.29 is 5.11 Å². The lowest BCUT2D eigenvalue weighted by Crippen LogP contribution is -2.37. The van der Waals surface area contributed by atoms with Crippen LogP contribution in [0.25, 0.3) is 0 Å². The van der Waals surface area contributed by atoms with Gasteiger partial charge in [-0.15, -0.1) is 0 Å². The highest BCUT2D eigenvalue weighted by atomic mass is 16.3. The Bertz CT molecular complexity index is 456. The van der Waals surface area contributed by atoms with Crippen molar-refractivity contribution in [2.24, 2.45) is 11.7 Å². The zero-order valence-electron chi connectivity index (χ0n) is 10.7. The third-order valence-corrected chi connectivity index (χ3v) is 3.20. The number of nitrogens with one attached hydrogen (secondary N) is 1. The molecule has 0 unspecified atom stereocenters. The molecule has 0 amide bonds. The van der Waals surface area contributed by atoms with E-state index in [1.165, 1.54) is 0 Å². The highest BCUT2D eigenvalue weighted by Crippen LogP contribution is 2.28. The number of hydrogen-bond donors (Lipinski definition) is 3. The lowest BCUT2D eigenvalue weighted by Gasteiger charge is -2.34. The molecule has 1 heterocycles. The monoisotopic (exact) mass is 249 g/mol. The first kappa shape index (κ1) is 12.8. The molecular weight excluding hydrogens is 230 g/mol. The number of hydrogen-bond acceptors (Lipinski definition) is 5. The molecule has 0 bridgehead atoms. The van der Waals surface area contributed by atoms with Crippen LogP contribution >= 0.6 is 0 Å². The first-order valence-corrected chi connectivity index (χ1v) is 6.05. The van der Waals surface area contributed by atoms with Crippen LogP contribution in [0.5, 0.6) is 0 Å². The van der Waals surface area contributed by atoms with Crippen molar-refractivity contribution >= 4 is 11.8 Å². The second-order valence-electron chi connectivity index (χ2n) is 4.98. The van der Waals surface area contributed by atoms with Gasteiger partial charge >= 0.3 is 0 Å². The molecule has 6 heteroatoms. The average Bonchev–Trinajstić information content (AvgIpc) is 2.26. The number of amidine groups is 1. The van der Waals surface area contributed by atoms with Gasteiger partial charge in [-0.3, -0.25) is 5.41 Å². The van der Waals surface area contributed by atoms with E-state index in [0.29, 0.717) is 17.6 Å². The largest absolute Gasteiger partial charge is 0.393 e. The Balaban J connectivity index is 2.09. The van der Waals surface area contributed by atoms with Crippen LogP contribution in [0.15, 0.2) is 6.07 Å². The number of aryl methyl sites for hydroxylation is 1. The zero-order chi connectivity index (χ0) is 13.3. The normalized spacial score (nSPS) is 22.4. The molecule has 4 N–H and O–H groups in total. The molecule has 0 spiro atoms. The summed E-state index contributed by atoms with van der Waals surface area (Å²) in [6.45, 7) is 2.68. The Morgan fingerprint density at radius 1 is 1.56 bits per heavy atom. The van der Waals surface area contributed by atoms with E-state index in [-0.39, 0.29) is 11.9 Å². The van der Waals surface area contributed by atoms with Crippen LogP contribution in [-0.2, 0) is 0 Å². The number of aliphatic hydroxyl groups is 1. The maximum Gasteiger partial charge on any atom is 0.225 e. The van der Waals surface area contributed by atoms with Gasteiger partial charge in [0.05, 0.1) is 6.10 Å². The third-order valence-electron chi connectivity index (χ3n) is 3.20. The molecular formula is C12H19N5O. The number of rotatable bonds is 4. The number of aliphatic hydroxyl groups excluding tert-OH is 1. The van der Waals surface area contributed by atoms with E-state index in [4.69, 9.17) is 11.1 Å². The van der Waals surface area contributed by atoms with Crippen molar-refractivity contribution in [3.05, 3.63) is 17.5 Å². The first-order valence-electron chi connectivity index (χ1n) is 6.05. The average molecular weight is 249 g/mol. The SMILES string of the molecule is Cc1cc(C(=N)N)nc(N(C)CC2CC(O)C2)n1. The lowest BCUT2D eigenvalue weighted by atomic mass is 9.82. The van der Waals surface area contributed by atoms with Crippen LogP contribution in [0.1, 0.15) is 24.2 Å². The van der Waals surface area contributed by atoms with Gasteiger partial charge in [0.15, 0.2) is 0 Å². The molecule has 98 valence electrons. The van der Waals surface area contributed by atoms with Crippen molar-refractivity contribution in [3.63, 3.8) is 0 Å². The van der Waals surface area contributed by atoms with Crippen LogP contribution in [-0.4, -0.2) is 40.6 Å². The summed E-state index contributed by atoms with van der Waals surface area (Å²) in [7, 11) is 1.92. The van der Waals surface area contributed by atoms with Gasteiger partial charge in [-0.05, 0) is 31.7 Å². The maximum atomic E-state index is 9.27. The standard InChI is InChI=1S/C12H19N5O/c1-7-3-10(11(13)14)16-12(15-7)17(2)6-8-4-9(18)5-8/h3,8-9,18H,4-6H2,1-2H3,(H3,13,14). The van der Waals surface area contributed by atoms with Gasteiger partial charge in [0.2, 0.25) is 5.95 Å². The van der Waals surface area contributed by atoms with E-state index in [0.717, 1.165) is 25.1 Å². The van der Waals surface area contributed by atoms with Gasteiger partial charge in [-0.2, -0.15) is 0 Å². The number of anilines is 1. The smallest absolute Gasteiger partial charge is 0.225 e. The zero-order valence-corrected chi connectivity index (χ0v) is 10.7. The van der Waals surface area contributed by atoms with E-state index in [1.807, 2.05) is 18.9 Å². The Morgan fingerprint density at radius 3 is 2.78 bits per heavy atom. The minimum atomic E-state index is -0.144. The highest BCUT2D eigenvalue weighted by molar-refractivity contribution is 5.93. The van der Waals surface area contributed by atoms with Gasteiger partial charge in [-0.1, -0.05) is 0 Å². The quantitative estimate of drug-likeness (QED) is 0.525. The molecule has 0 radical (unpaired) electrons. The van der Waals surface area contributed by atoms with E-state index < -0.39 is 0 Å². The van der Waals surface area contributed by atoms with E-state index in [1.54, 1.807) is 6.07 Å². The molecule has 18 heavy (non-hydrogen) atoms. The fourth-order valence-electron chi connectivity index (χ4n) is 2.18. The molecule has 1 aromatic heterocycles. The fourth-order valence-corrected chi connectivity index (χ4v) is 2.18. The molecule has 1 fully saturated rings. The summed E-state index contributed by atoms with van der Waals surface area (Å²) in [5.74, 6) is 1.03. The van der Waals surface area contributed by atoms with Crippen LogP contribution in [0.4, 0.5) is 5.95 Å². The molecule has 6 nitrogen and oxygen atoms in total. The second kappa shape index (κ2) is 4.89. The minimum Gasteiger partial charge on any atom is -0.393 e. The Kier molecular flexibility index (Phi) is 3.47. The minimum absolute atomic E-state index is 0.0470. The van der Waals surface area contributed by atoms with E-state index in [9.17, 15) is 5.11 Å². The van der Waals surface area contributed by atoms with Gasteiger partial charge < -0.3 is 15.7 Å². The molecule has 0 aromatic carbocycles. The molecule has 0 aliphatic heterocycles. The molecule has 2 rings (SSSR count). The topological polar surface area (TPSA) is 99.1 Å². The van der Waals surface area contributed by atoms with Gasteiger partial charge in [0, 0.05) is 19.3 Å². The molecule has 0 atom stereocenters. The summed E-state index contributed by atoms with van der Waals surface area (Å²) >= 11 is 0. The van der Waals surface area contributed by atoms with Crippen LogP contribution < -0.4 is 10.6 Å². The van der Waals surface area contributed by atoms with E-state index in [2.05, 4.69) is 9.97 Å². The van der Waals surface area contributed by atoms with Crippen molar-refractivity contribution in [1.82, 2.24) is 9.97 Å². The Labute approximate surface area is 106 Å². The number of aromatic nitrogens is 2. The van der Waals surface area contributed by atoms with Crippen LogP contribution in [0.2, 0.25) is 0 Å². The van der Waals surface area contributed by atoms with E-state index >= 15 is 0 Å². The second-order valence-corrected chi connectivity index (χ2v) is 4.98. The summed E-state index contributed by atoms with van der Waals surface area (Å²) in [5.41, 5.74) is 6.70. The summed E-state index contributed by atoms with van der Waals surface area (Å²) in [6, 6.07) is 1.70. The van der Waals surface area contributed by atoms with Crippen molar-refractivity contribution in [3.8, 4) is 0 Å². The fraction of sp³-hybridized carbons (Fsp3) is 0.583. The summed E-state index contributed by atoms with van der Waals surface area (Å²) in [4.78, 5) is 10.6. The molecule has 0 saturated heterocycles. The van der Waals surface area contributed by atoms with Gasteiger partial charge in [0.1, 0.15) is 11.5 Å². The van der Waals surface area contributed by atoms with Crippen LogP contribution in [0.3, 0.4) is 0 Å².